The summed E-state index contributed by atoms with van der Waals surface area (Å²) in [7, 11) is 0. The summed E-state index contributed by atoms with van der Waals surface area (Å²) < 4.78 is 80.9. The Labute approximate surface area is 249 Å². The molecule has 3 rings (SSSR count). The maximum atomic E-state index is 13.9. The van der Waals surface area contributed by atoms with E-state index in [0.717, 1.165) is 30.7 Å². The predicted octanol–water partition coefficient (Wildman–Crippen LogP) is 9.22. The van der Waals surface area contributed by atoms with Gasteiger partial charge in [0.25, 0.3) is 0 Å². The average molecular weight is 691 g/mol. The Morgan fingerprint density at radius 2 is 1.44 bits per heavy atom. The minimum absolute atomic E-state index is 0.0395. The summed E-state index contributed by atoms with van der Waals surface area (Å²) in [4.78, 5) is 14.2. The minimum Gasteiger partial charge on any atom is -0.481 e. The standard InChI is InChI=1S/C31H32F6INO2/c1-18(2)8-9-39(17-21-13-27(32)29(34)28(33)14-21)16-20-11-23(22-4-6-25(7-5-22)31(35,36)37)15-24(12-20)26(30(40)41)10-19(3)38/h4-7,11-15,18-19,26H,8-10,16-17H2,1-3H3,(H,40,41). The summed E-state index contributed by atoms with van der Waals surface area (Å²) in [6.07, 6.45) is -3.40. The number of aliphatic carboxylic acids is 1. The van der Waals surface area contributed by atoms with Gasteiger partial charge < -0.3 is 5.11 Å². The van der Waals surface area contributed by atoms with Gasteiger partial charge in [0.05, 0.1) is 11.5 Å². The monoisotopic (exact) mass is 691 g/mol. The van der Waals surface area contributed by atoms with Crippen LogP contribution in [0.4, 0.5) is 26.3 Å². The number of hydrogen-bond acceptors (Lipinski definition) is 2. The lowest BCUT2D eigenvalue weighted by molar-refractivity contribution is -0.139. The molecular formula is C31H32F6INO2. The molecule has 0 saturated carbocycles. The zero-order valence-corrected chi connectivity index (χ0v) is 25.1. The van der Waals surface area contributed by atoms with Gasteiger partial charge >= 0.3 is 12.1 Å². The van der Waals surface area contributed by atoms with E-state index in [1.165, 1.54) is 12.1 Å². The summed E-state index contributed by atoms with van der Waals surface area (Å²) in [5.41, 5.74) is 1.70. The van der Waals surface area contributed by atoms with Crippen molar-refractivity contribution in [1.82, 2.24) is 4.90 Å². The maximum Gasteiger partial charge on any atom is 0.416 e. The van der Waals surface area contributed by atoms with Crippen LogP contribution in [0, 0.1) is 23.4 Å². The van der Waals surface area contributed by atoms with Gasteiger partial charge in [-0.15, -0.1) is 0 Å². The van der Waals surface area contributed by atoms with Crippen LogP contribution in [0.5, 0.6) is 0 Å². The summed E-state index contributed by atoms with van der Waals surface area (Å²) in [6.45, 7) is 6.86. The number of halogens is 7. The summed E-state index contributed by atoms with van der Waals surface area (Å²) in [5.74, 6) is -5.66. The van der Waals surface area contributed by atoms with E-state index in [4.69, 9.17) is 0 Å². The second-order valence-corrected chi connectivity index (χ2v) is 12.8. The molecule has 0 bridgehead atoms. The van der Waals surface area contributed by atoms with E-state index in [-0.39, 0.29) is 22.6 Å². The number of carboxylic acids is 1. The molecule has 0 amide bonds. The lowest BCUT2D eigenvalue weighted by atomic mass is 9.89. The van der Waals surface area contributed by atoms with Crippen LogP contribution in [0.3, 0.4) is 0 Å². The van der Waals surface area contributed by atoms with Crippen molar-refractivity contribution in [3.05, 3.63) is 94.3 Å². The van der Waals surface area contributed by atoms with Crippen LogP contribution in [0.1, 0.15) is 61.8 Å². The summed E-state index contributed by atoms with van der Waals surface area (Å²) in [5, 5.41) is 10.0. The zero-order valence-electron chi connectivity index (χ0n) is 22.9. The van der Waals surface area contributed by atoms with Crippen molar-refractivity contribution >= 4 is 28.6 Å². The Kier molecular flexibility index (Phi) is 11.3. The number of hydrogen-bond donors (Lipinski definition) is 1. The molecule has 0 fully saturated rings. The van der Waals surface area contributed by atoms with Gasteiger partial charge in [0.1, 0.15) is 0 Å². The SMILES string of the molecule is CC(C)CCN(Cc1cc(-c2ccc(C(F)(F)F)cc2)cc(C(CC(C)I)C(=O)O)c1)Cc1cc(F)c(F)c(F)c1. The van der Waals surface area contributed by atoms with Gasteiger partial charge in [-0.25, -0.2) is 13.2 Å². The molecule has 3 nitrogen and oxygen atoms in total. The lowest BCUT2D eigenvalue weighted by Gasteiger charge is -2.25. The van der Waals surface area contributed by atoms with Crippen molar-refractivity contribution in [2.24, 2.45) is 5.92 Å². The molecule has 3 aromatic rings. The van der Waals surface area contributed by atoms with Crippen LogP contribution in [-0.2, 0) is 24.1 Å². The van der Waals surface area contributed by atoms with Gasteiger partial charge in [0.15, 0.2) is 17.5 Å². The van der Waals surface area contributed by atoms with Crippen molar-refractivity contribution in [2.45, 2.75) is 62.7 Å². The van der Waals surface area contributed by atoms with Crippen molar-refractivity contribution in [3.8, 4) is 11.1 Å². The number of rotatable bonds is 12. The molecule has 0 spiro atoms. The van der Waals surface area contributed by atoms with Crippen LogP contribution >= 0.6 is 22.6 Å². The van der Waals surface area contributed by atoms with Gasteiger partial charge in [-0.2, -0.15) is 13.2 Å². The highest BCUT2D eigenvalue weighted by Crippen LogP contribution is 2.34. The van der Waals surface area contributed by atoms with E-state index in [1.807, 2.05) is 25.7 Å². The Balaban J connectivity index is 2.06. The normalized spacial score (nSPS) is 13.6. The molecule has 222 valence electrons. The smallest absolute Gasteiger partial charge is 0.416 e. The van der Waals surface area contributed by atoms with Gasteiger partial charge in [-0.05, 0) is 83.5 Å². The first-order valence-corrected chi connectivity index (χ1v) is 14.4. The molecular weight excluding hydrogens is 659 g/mol. The molecule has 2 unspecified atom stereocenters. The largest absolute Gasteiger partial charge is 0.481 e. The second kappa shape index (κ2) is 14.0. The first-order valence-electron chi connectivity index (χ1n) is 13.2. The first kappa shape index (κ1) is 32.9. The van der Waals surface area contributed by atoms with E-state index in [0.29, 0.717) is 41.1 Å². The average Bonchev–Trinajstić information content (AvgIpc) is 2.88. The highest BCUT2D eigenvalue weighted by molar-refractivity contribution is 14.1. The predicted molar refractivity (Wildman–Crippen MR) is 155 cm³/mol. The highest BCUT2D eigenvalue weighted by atomic mass is 127. The van der Waals surface area contributed by atoms with Crippen molar-refractivity contribution < 1.29 is 36.2 Å². The molecule has 10 heteroatoms. The molecule has 0 heterocycles. The van der Waals surface area contributed by atoms with Crippen LogP contribution in [0.15, 0.2) is 54.6 Å². The second-order valence-electron chi connectivity index (χ2n) is 10.7. The van der Waals surface area contributed by atoms with E-state index >= 15 is 0 Å². The Morgan fingerprint density at radius 3 is 1.93 bits per heavy atom. The number of alkyl halides is 4. The highest BCUT2D eigenvalue weighted by Gasteiger charge is 2.30. The maximum absolute atomic E-state index is 13.9. The molecule has 0 aromatic heterocycles. The third-order valence-corrected chi connectivity index (χ3v) is 7.21. The Bertz CT molecular complexity index is 1320. The number of carboxylic acid groups (broad SMARTS) is 1. The quantitative estimate of drug-likeness (QED) is 0.0892. The lowest BCUT2D eigenvalue weighted by Crippen LogP contribution is -2.25. The van der Waals surface area contributed by atoms with Crippen molar-refractivity contribution in [3.63, 3.8) is 0 Å². The first-order chi connectivity index (χ1) is 19.1. The molecule has 3 aromatic carbocycles. The minimum atomic E-state index is -4.49. The fourth-order valence-corrected chi connectivity index (χ4v) is 5.11. The molecule has 2 atom stereocenters. The van der Waals surface area contributed by atoms with Crippen molar-refractivity contribution in [1.29, 1.82) is 0 Å². The molecule has 1 N–H and O–H groups in total. The third kappa shape index (κ3) is 9.46. The zero-order chi connectivity index (χ0) is 30.5. The molecule has 0 saturated heterocycles. The van der Waals surface area contributed by atoms with Gasteiger partial charge in [0, 0.05) is 17.0 Å². The molecule has 0 aliphatic heterocycles. The number of benzene rings is 3. The van der Waals surface area contributed by atoms with Crippen LogP contribution in [0.25, 0.3) is 11.1 Å². The summed E-state index contributed by atoms with van der Waals surface area (Å²) >= 11 is 2.15. The van der Waals surface area contributed by atoms with Gasteiger partial charge in [-0.3, -0.25) is 9.69 Å². The van der Waals surface area contributed by atoms with E-state index < -0.39 is 41.1 Å². The third-order valence-electron chi connectivity index (χ3n) is 6.70. The van der Waals surface area contributed by atoms with E-state index in [2.05, 4.69) is 22.6 Å². The Hall–Kier alpha value is -2.60. The fraction of sp³-hybridized carbons (Fsp3) is 0.387. The molecule has 41 heavy (non-hydrogen) atoms. The summed E-state index contributed by atoms with van der Waals surface area (Å²) in [6, 6.07) is 11.8. The Morgan fingerprint density at radius 1 is 0.878 bits per heavy atom. The van der Waals surface area contributed by atoms with E-state index in [1.54, 1.807) is 18.2 Å². The van der Waals surface area contributed by atoms with Crippen LogP contribution < -0.4 is 0 Å². The molecule has 0 aliphatic carbocycles. The topological polar surface area (TPSA) is 40.5 Å². The van der Waals surface area contributed by atoms with Crippen LogP contribution in [0.2, 0.25) is 0 Å². The van der Waals surface area contributed by atoms with E-state index in [9.17, 15) is 36.2 Å². The van der Waals surface area contributed by atoms with Gasteiger partial charge in [0.2, 0.25) is 0 Å². The molecule has 0 radical (unpaired) electrons. The number of carbonyl (C=O) groups is 1. The number of nitrogens with zero attached hydrogens (tertiary/aromatic N) is 1. The van der Waals surface area contributed by atoms with Crippen LogP contribution in [-0.4, -0.2) is 26.4 Å². The molecule has 0 aliphatic rings. The fourth-order valence-electron chi connectivity index (χ4n) is 4.60. The van der Waals surface area contributed by atoms with Crippen molar-refractivity contribution in [2.75, 3.05) is 6.54 Å². The van der Waals surface area contributed by atoms with Gasteiger partial charge in [-0.1, -0.05) is 67.6 Å².